The minimum atomic E-state index is -0.627. The van der Waals surface area contributed by atoms with Crippen LogP contribution in [0.2, 0.25) is 0 Å². The Morgan fingerprint density at radius 2 is 2.11 bits per heavy atom. The molecule has 0 bridgehead atoms. The van der Waals surface area contributed by atoms with Crippen LogP contribution in [0.3, 0.4) is 0 Å². The van der Waals surface area contributed by atoms with Gasteiger partial charge in [-0.15, -0.1) is 0 Å². The number of nitrogens with zero attached hydrogens (tertiary/aromatic N) is 1. The Hall–Kier alpha value is -1.42. The van der Waals surface area contributed by atoms with Crippen LogP contribution in [0.4, 0.5) is 0 Å². The Kier molecular flexibility index (Phi) is 3.66. The Bertz CT molecular complexity index is 433. The summed E-state index contributed by atoms with van der Waals surface area (Å²) < 4.78 is 10.9. The summed E-state index contributed by atoms with van der Waals surface area (Å²) in [6.45, 7) is 3.88. The summed E-state index contributed by atoms with van der Waals surface area (Å²) in [5.41, 5.74) is -0.0623. The molecule has 0 radical (unpaired) electrons. The van der Waals surface area contributed by atoms with Crippen LogP contribution >= 0.6 is 0 Å². The average molecular weight is 249 g/mol. The molecule has 4 nitrogen and oxygen atoms in total. The van der Waals surface area contributed by atoms with Crippen LogP contribution in [-0.2, 0) is 4.74 Å². The molecule has 1 aliphatic rings. The summed E-state index contributed by atoms with van der Waals surface area (Å²) in [6, 6.07) is 1.74. The van der Waals surface area contributed by atoms with Crippen molar-refractivity contribution in [1.29, 1.82) is 0 Å². The third-order valence-corrected chi connectivity index (χ3v) is 3.31. The van der Waals surface area contributed by atoms with Gasteiger partial charge in [0.2, 0.25) is 0 Å². The van der Waals surface area contributed by atoms with Crippen molar-refractivity contribution in [3.63, 3.8) is 0 Å². The second-order valence-corrected chi connectivity index (χ2v) is 4.96. The minimum absolute atomic E-state index is 0.0120. The number of Topliss-reactive ketones (excluding diaryl/α,β-unsaturated/α-hetero) is 1. The number of aromatic nitrogens is 1. The topological polar surface area (TPSA) is 48.4 Å². The first-order chi connectivity index (χ1) is 8.57. The predicted molar refractivity (Wildman–Crippen MR) is 67.9 cm³/mol. The normalized spacial score (nSPS) is 17.3. The van der Waals surface area contributed by atoms with Gasteiger partial charge in [0.05, 0.1) is 12.3 Å². The van der Waals surface area contributed by atoms with Gasteiger partial charge in [0.25, 0.3) is 0 Å². The van der Waals surface area contributed by atoms with Gasteiger partial charge in [-0.25, -0.2) is 0 Å². The zero-order valence-corrected chi connectivity index (χ0v) is 11.1. The average Bonchev–Trinajstić information content (AvgIpc) is 2.27. The van der Waals surface area contributed by atoms with E-state index in [-0.39, 0.29) is 11.9 Å². The molecule has 1 saturated carbocycles. The second kappa shape index (κ2) is 5.06. The van der Waals surface area contributed by atoms with E-state index < -0.39 is 5.60 Å². The molecule has 0 N–H and O–H groups in total. The predicted octanol–water partition coefficient (Wildman–Crippen LogP) is 2.62. The van der Waals surface area contributed by atoms with Gasteiger partial charge >= 0.3 is 0 Å². The molecule has 0 amide bonds. The number of hydrogen-bond donors (Lipinski definition) is 0. The Morgan fingerprint density at radius 1 is 1.39 bits per heavy atom. The molecule has 0 atom stereocenters. The molecule has 98 valence electrons. The maximum absolute atomic E-state index is 12.4. The second-order valence-electron chi connectivity index (χ2n) is 4.96. The van der Waals surface area contributed by atoms with Crippen molar-refractivity contribution < 1.29 is 14.3 Å². The fraction of sp³-hybridized carbons (Fsp3) is 0.571. The van der Waals surface area contributed by atoms with E-state index in [1.54, 1.807) is 25.6 Å². The van der Waals surface area contributed by atoms with E-state index in [4.69, 9.17) is 9.47 Å². The number of ketones is 1. The van der Waals surface area contributed by atoms with Gasteiger partial charge in [-0.1, -0.05) is 0 Å². The Labute approximate surface area is 107 Å². The van der Waals surface area contributed by atoms with Crippen LogP contribution in [0, 0.1) is 0 Å². The molecular formula is C14H19NO3. The number of methoxy groups -OCH3 is 1. The fourth-order valence-electron chi connectivity index (χ4n) is 2.16. The number of rotatable bonds is 5. The summed E-state index contributed by atoms with van der Waals surface area (Å²) in [5.74, 6) is 0.638. The van der Waals surface area contributed by atoms with E-state index in [2.05, 4.69) is 4.98 Å². The van der Waals surface area contributed by atoms with Crippen molar-refractivity contribution >= 4 is 5.78 Å². The molecule has 1 aromatic rings. The lowest BCUT2D eigenvalue weighted by atomic mass is 9.75. The maximum Gasteiger partial charge on any atom is 0.196 e. The largest absolute Gasteiger partial charge is 0.489 e. The number of carbonyl (C=O) groups is 1. The quantitative estimate of drug-likeness (QED) is 0.753. The van der Waals surface area contributed by atoms with Gasteiger partial charge in [-0.05, 0) is 39.2 Å². The summed E-state index contributed by atoms with van der Waals surface area (Å²) in [6.07, 6.45) is 5.88. The van der Waals surface area contributed by atoms with Crippen molar-refractivity contribution in [2.45, 2.75) is 44.8 Å². The smallest absolute Gasteiger partial charge is 0.196 e. The molecule has 0 saturated heterocycles. The van der Waals surface area contributed by atoms with Gasteiger partial charge < -0.3 is 9.47 Å². The molecule has 0 aliphatic heterocycles. The molecule has 0 unspecified atom stereocenters. The standard InChI is InChI=1S/C14H19NO3/c1-10(2)18-12-7-11(8-15-9-12)13(16)14(17-3)5-4-6-14/h7-10H,4-6H2,1-3H3. The van der Waals surface area contributed by atoms with Gasteiger partial charge in [-0.3, -0.25) is 9.78 Å². The number of pyridine rings is 1. The van der Waals surface area contributed by atoms with Crippen molar-refractivity contribution in [3.05, 3.63) is 24.0 Å². The number of hydrogen-bond acceptors (Lipinski definition) is 4. The van der Waals surface area contributed by atoms with Crippen molar-refractivity contribution in [2.75, 3.05) is 7.11 Å². The van der Waals surface area contributed by atoms with Crippen molar-refractivity contribution in [1.82, 2.24) is 4.98 Å². The molecule has 0 aromatic carbocycles. The summed E-state index contributed by atoms with van der Waals surface area (Å²) in [4.78, 5) is 16.5. The Morgan fingerprint density at radius 3 is 2.61 bits per heavy atom. The molecule has 0 spiro atoms. The third kappa shape index (κ3) is 2.38. The van der Waals surface area contributed by atoms with E-state index in [1.165, 1.54) is 0 Å². The molecule has 1 aliphatic carbocycles. The highest BCUT2D eigenvalue weighted by atomic mass is 16.5. The van der Waals surface area contributed by atoms with Gasteiger partial charge in [0.15, 0.2) is 5.78 Å². The van der Waals surface area contributed by atoms with E-state index in [9.17, 15) is 4.79 Å². The lowest BCUT2D eigenvalue weighted by Gasteiger charge is -2.38. The van der Waals surface area contributed by atoms with Crippen LogP contribution in [0.1, 0.15) is 43.5 Å². The lowest BCUT2D eigenvalue weighted by Crippen LogP contribution is -2.47. The minimum Gasteiger partial charge on any atom is -0.489 e. The molecule has 4 heteroatoms. The van der Waals surface area contributed by atoms with Crippen molar-refractivity contribution in [3.8, 4) is 5.75 Å². The van der Waals surface area contributed by atoms with Crippen LogP contribution in [0.15, 0.2) is 18.5 Å². The molecule has 1 aromatic heterocycles. The number of ether oxygens (including phenoxy) is 2. The first-order valence-corrected chi connectivity index (χ1v) is 6.29. The molecule has 2 rings (SSSR count). The van der Waals surface area contributed by atoms with Crippen LogP contribution in [0.25, 0.3) is 0 Å². The lowest BCUT2D eigenvalue weighted by molar-refractivity contribution is -0.0448. The van der Waals surface area contributed by atoms with E-state index in [0.29, 0.717) is 11.3 Å². The molecule has 1 heterocycles. The highest BCUT2D eigenvalue weighted by molar-refractivity contribution is 6.03. The fourth-order valence-corrected chi connectivity index (χ4v) is 2.16. The zero-order valence-electron chi connectivity index (χ0n) is 11.1. The summed E-state index contributed by atoms with van der Waals surface area (Å²) in [7, 11) is 1.60. The van der Waals surface area contributed by atoms with Crippen LogP contribution < -0.4 is 4.74 Å². The summed E-state index contributed by atoms with van der Waals surface area (Å²) >= 11 is 0. The Balaban J connectivity index is 2.20. The van der Waals surface area contributed by atoms with E-state index in [1.807, 2.05) is 13.8 Å². The van der Waals surface area contributed by atoms with Gasteiger partial charge in [0.1, 0.15) is 11.4 Å². The first-order valence-electron chi connectivity index (χ1n) is 6.29. The SMILES string of the molecule is COC1(C(=O)c2cncc(OC(C)C)c2)CCC1. The first kappa shape index (κ1) is 13.0. The van der Waals surface area contributed by atoms with E-state index in [0.717, 1.165) is 19.3 Å². The highest BCUT2D eigenvalue weighted by Gasteiger charge is 2.44. The van der Waals surface area contributed by atoms with Crippen LogP contribution in [-0.4, -0.2) is 29.6 Å². The molecule has 1 fully saturated rings. The monoisotopic (exact) mass is 249 g/mol. The highest BCUT2D eigenvalue weighted by Crippen LogP contribution is 2.38. The van der Waals surface area contributed by atoms with Crippen LogP contribution in [0.5, 0.6) is 5.75 Å². The maximum atomic E-state index is 12.4. The third-order valence-electron chi connectivity index (χ3n) is 3.31. The number of carbonyl (C=O) groups excluding carboxylic acids is 1. The van der Waals surface area contributed by atoms with Crippen molar-refractivity contribution in [2.24, 2.45) is 0 Å². The molecular weight excluding hydrogens is 230 g/mol. The van der Waals surface area contributed by atoms with E-state index >= 15 is 0 Å². The molecule has 18 heavy (non-hydrogen) atoms. The zero-order chi connectivity index (χ0) is 13.2. The van der Waals surface area contributed by atoms with Gasteiger partial charge in [0, 0.05) is 18.9 Å². The van der Waals surface area contributed by atoms with Gasteiger partial charge in [-0.2, -0.15) is 0 Å². The summed E-state index contributed by atoms with van der Waals surface area (Å²) in [5, 5.41) is 0.